The van der Waals surface area contributed by atoms with Gasteiger partial charge in [0.05, 0.1) is 17.5 Å². The number of carbonyl (C=O) groups is 3. The van der Waals surface area contributed by atoms with Gasteiger partial charge in [-0.15, -0.1) is 0 Å². The minimum Gasteiger partial charge on any atom is -0.330 e. The standard InChI is InChI=1S/C21H19NO4/c23-18(14-21(12-6-7-13-21)15-8-2-1-3-9-15)26-22-19(24)16-10-4-5-11-17(16)20(22)25/h1-5,8-11H,6-7,12-14H2. The predicted molar refractivity (Wildman–Crippen MR) is 94.2 cm³/mol. The molecule has 2 aliphatic rings. The molecule has 26 heavy (non-hydrogen) atoms. The molecule has 1 heterocycles. The summed E-state index contributed by atoms with van der Waals surface area (Å²) in [4.78, 5) is 42.5. The molecule has 0 N–H and O–H groups in total. The normalized spacial score (nSPS) is 18.1. The van der Waals surface area contributed by atoms with Crippen molar-refractivity contribution < 1.29 is 19.2 Å². The molecule has 0 atom stereocenters. The van der Waals surface area contributed by atoms with E-state index < -0.39 is 17.8 Å². The minimum atomic E-state index is -0.584. The highest BCUT2D eigenvalue weighted by atomic mass is 16.7. The van der Waals surface area contributed by atoms with Gasteiger partial charge in [-0.25, -0.2) is 4.79 Å². The Morgan fingerprint density at radius 3 is 2.00 bits per heavy atom. The molecule has 5 heteroatoms. The van der Waals surface area contributed by atoms with Crippen molar-refractivity contribution in [3.8, 4) is 0 Å². The van der Waals surface area contributed by atoms with Gasteiger partial charge in [-0.1, -0.05) is 60.4 Å². The average molecular weight is 349 g/mol. The van der Waals surface area contributed by atoms with Gasteiger partial charge in [-0.05, 0) is 30.5 Å². The Kier molecular flexibility index (Phi) is 4.07. The van der Waals surface area contributed by atoms with Crippen LogP contribution in [0.4, 0.5) is 0 Å². The summed E-state index contributed by atoms with van der Waals surface area (Å²) in [7, 11) is 0. The van der Waals surface area contributed by atoms with Crippen LogP contribution >= 0.6 is 0 Å². The Morgan fingerprint density at radius 1 is 0.885 bits per heavy atom. The molecule has 0 bridgehead atoms. The molecular formula is C21H19NO4. The van der Waals surface area contributed by atoms with E-state index in [-0.39, 0.29) is 23.0 Å². The Bertz CT molecular complexity index is 834. The third kappa shape index (κ3) is 2.69. The summed E-state index contributed by atoms with van der Waals surface area (Å²) < 4.78 is 0. The maximum atomic E-state index is 12.6. The number of fused-ring (bicyclic) bond motifs is 1. The van der Waals surface area contributed by atoms with Gasteiger partial charge in [-0.2, -0.15) is 0 Å². The maximum absolute atomic E-state index is 12.6. The second-order valence-electron chi connectivity index (χ2n) is 6.94. The van der Waals surface area contributed by atoms with Crippen LogP contribution in [0, 0.1) is 0 Å². The van der Waals surface area contributed by atoms with Crippen molar-refractivity contribution in [2.75, 3.05) is 0 Å². The fourth-order valence-electron chi connectivity index (χ4n) is 4.07. The number of benzene rings is 2. The Morgan fingerprint density at radius 2 is 1.42 bits per heavy atom. The number of amides is 2. The molecule has 1 fully saturated rings. The number of hydrogen-bond acceptors (Lipinski definition) is 4. The molecule has 4 rings (SSSR count). The van der Waals surface area contributed by atoms with E-state index in [1.807, 2.05) is 30.3 Å². The van der Waals surface area contributed by atoms with Crippen LogP contribution in [0.2, 0.25) is 0 Å². The van der Waals surface area contributed by atoms with E-state index in [0.717, 1.165) is 31.2 Å². The first kappa shape index (κ1) is 16.5. The van der Waals surface area contributed by atoms with Crippen molar-refractivity contribution >= 4 is 17.8 Å². The van der Waals surface area contributed by atoms with Crippen molar-refractivity contribution in [2.24, 2.45) is 0 Å². The third-order valence-electron chi connectivity index (χ3n) is 5.38. The largest absolute Gasteiger partial charge is 0.334 e. The molecule has 0 saturated heterocycles. The minimum absolute atomic E-state index is 0.157. The summed E-state index contributed by atoms with van der Waals surface area (Å²) in [6.45, 7) is 0. The van der Waals surface area contributed by atoms with Gasteiger partial charge >= 0.3 is 5.97 Å². The van der Waals surface area contributed by atoms with Crippen LogP contribution in [-0.4, -0.2) is 22.8 Å². The zero-order valence-electron chi connectivity index (χ0n) is 14.3. The molecule has 2 aromatic rings. The smallest absolute Gasteiger partial charge is 0.330 e. The van der Waals surface area contributed by atoms with Gasteiger partial charge in [0.25, 0.3) is 11.8 Å². The molecule has 1 aliphatic carbocycles. The third-order valence-corrected chi connectivity index (χ3v) is 5.38. The lowest BCUT2D eigenvalue weighted by Crippen LogP contribution is -2.35. The topological polar surface area (TPSA) is 63.7 Å². The summed E-state index contributed by atoms with van der Waals surface area (Å²) in [5.41, 5.74) is 1.36. The Labute approximate surface area is 151 Å². The van der Waals surface area contributed by atoms with Crippen LogP contribution in [0.15, 0.2) is 54.6 Å². The van der Waals surface area contributed by atoms with Crippen LogP contribution in [0.1, 0.15) is 58.4 Å². The fraction of sp³-hybridized carbons (Fsp3) is 0.286. The first-order valence-corrected chi connectivity index (χ1v) is 8.85. The number of carbonyl (C=O) groups excluding carboxylic acids is 3. The molecule has 1 saturated carbocycles. The summed E-state index contributed by atoms with van der Waals surface area (Å²) >= 11 is 0. The lowest BCUT2D eigenvalue weighted by Gasteiger charge is -2.29. The van der Waals surface area contributed by atoms with Crippen LogP contribution in [0.3, 0.4) is 0 Å². The molecule has 2 amide bonds. The van der Waals surface area contributed by atoms with E-state index >= 15 is 0 Å². The highest BCUT2D eigenvalue weighted by Crippen LogP contribution is 2.44. The summed E-state index contributed by atoms with van der Waals surface area (Å²) in [6, 6.07) is 16.4. The molecule has 5 nitrogen and oxygen atoms in total. The van der Waals surface area contributed by atoms with Crippen LogP contribution in [0.25, 0.3) is 0 Å². The average Bonchev–Trinajstić information content (AvgIpc) is 3.23. The molecule has 0 radical (unpaired) electrons. The van der Waals surface area contributed by atoms with Crippen LogP contribution in [0.5, 0.6) is 0 Å². The number of rotatable bonds is 4. The molecule has 0 aromatic heterocycles. The van der Waals surface area contributed by atoms with E-state index in [1.165, 1.54) is 0 Å². The van der Waals surface area contributed by atoms with Crippen molar-refractivity contribution in [3.63, 3.8) is 0 Å². The predicted octanol–water partition coefficient (Wildman–Crippen LogP) is 3.64. The Hall–Kier alpha value is -2.95. The SMILES string of the molecule is O=C(CC1(c2ccccc2)CCCC1)ON1C(=O)c2ccccc2C1=O. The second kappa shape index (κ2) is 6.41. The van der Waals surface area contributed by atoms with E-state index in [0.29, 0.717) is 5.06 Å². The van der Waals surface area contributed by atoms with Crippen molar-refractivity contribution in [3.05, 3.63) is 71.3 Å². The van der Waals surface area contributed by atoms with Crippen molar-refractivity contribution in [1.29, 1.82) is 0 Å². The van der Waals surface area contributed by atoms with Crippen LogP contribution < -0.4 is 0 Å². The number of nitrogens with zero attached hydrogens (tertiary/aromatic N) is 1. The molecule has 132 valence electrons. The number of imide groups is 1. The molecular weight excluding hydrogens is 330 g/mol. The van der Waals surface area contributed by atoms with E-state index in [2.05, 4.69) is 0 Å². The number of hydrogen-bond donors (Lipinski definition) is 0. The van der Waals surface area contributed by atoms with E-state index in [4.69, 9.17) is 4.84 Å². The van der Waals surface area contributed by atoms with Gasteiger partial charge in [0.1, 0.15) is 0 Å². The second-order valence-corrected chi connectivity index (χ2v) is 6.94. The monoisotopic (exact) mass is 349 g/mol. The zero-order valence-corrected chi connectivity index (χ0v) is 14.3. The quantitative estimate of drug-likeness (QED) is 0.791. The Balaban J connectivity index is 1.52. The van der Waals surface area contributed by atoms with Gasteiger partial charge in [-0.3, -0.25) is 9.59 Å². The summed E-state index contributed by atoms with van der Waals surface area (Å²) in [6.07, 6.45) is 4.05. The van der Waals surface area contributed by atoms with E-state index in [9.17, 15) is 14.4 Å². The summed E-state index contributed by atoms with van der Waals surface area (Å²) in [5.74, 6) is -1.72. The maximum Gasteiger partial charge on any atom is 0.334 e. The van der Waals surface area contributed by atoms with E-state index in [1.54, 1.807) is 24.3 Å². The zero-order chi connectivity index (χ0) is 18.1. The highest BCUT2D eigenvalue weighted by Gasteiger charge is 2.42. The summed E-state index contributed by atoms with van der Waals surface area (Å²) in [5, 5.41) is 0.598. The number of hydroxylamine groups is 2. The molecule has 2 aromatic carbocycles. The molecule has 1 aliphatic heterocycles. The van der Waals surface area contributed by atoms with Gasteiger partial charge in [0.15, 0.2) is 0 Å². The first-order chi connectivity index (χ1) is 12.6. The lowest BCUT2D eigenvalue weighted by atomic mass is 9.76. The van der Waals surface area contributed by atoms with Crippen LogP contribution in [-0.2, 0) is 15.0 Å². The fourth-order valence-corrected chi connectivity index (χ4v) is 4.07. The lowest BCUT2D eigenvalue weighted by molar-refractivity contribution is -0.170. The highest BCUT2D eigenvalue weighted by molar-refractivity contribution is 6.20. The first-order valence-electron chi connectivity index (χ1n) is 8.85. The van der Waals surface area contributed by atoms with Gasteiger partial charge < -0.3 is 4.84 Å². The van der Waals surface area contributed by atoms with Crippen molar-refractivity contribution in [1.82, 2.24) is 5.06 Å². The molecule has 0 spiro atoms. The van der Waals surface area contributed by atoms with Crippen molar-refractivity contribution in [2.45, 2.75) is 37.5 Å². The van der Waals surface area contributed by atoms with Gasteiger partial charge in [0.2, 0.25) is 0 Å². The van der Waals surface area contributed by atoms with Gasteiger partial charge in [0, 0.05) is 5.41 Å². The molecule has 0 unspecified atom stereocenters.